The smallest absolute Gasteiger partial charge is 0.305 e. The average Bonchev–Trinajstić information content (AvgIpc) is 2.38. The number of carbonyl (C=O) groups excluding carboxylic acids is 1. The van der Waals surface area contributed by atoms with Crippen molar-refractivity contribution in [3.8, 4) is 0 Å². The quantitative estimate of drug-likeness (QED) is 0.803. The summed E-state index contributed by atoms with van der Waals surface area (Å²) < 4.78 is 0. The van der Waals surface area contributed by atoms with Gasteiger partial charge in [-0.2, -0.15) is 11.8 Å². The molecule has 2 rings (SSSR count). The molecule has 0 spiro atoms. The van der Waals surface area contributed by atoms with E-state index >= 15 is 0 Å². The second-order valence-corrected chi connectivity index (χ2v) is 6.64. The minimum Gasteiger partial charge on any atom is -0.481 e. The Morgan fingerprint density at radius 2 is 2.26 bits per heavy atom. The third-order valence-electron chi connectivity index (χ3n) is 3.88. The highest BCUT2D eigenvalue weighted by Gasteiger charge is 2.34. The van der Waals surface area contributed by atoms with Gasteiger partial charge >= 0.3 is 5.97 Å². The predicted molar refractivity (Wildman–Crippen MR) is 75.3 cm³/mol. The number of piperidine rings is 1. The van der Waals surface area contributed by atoms with E-state index in [4.69, 9.17) is 5.11 Å². The Labute approximate surface area is 118 Å². The number of amides is 1. The Kier molecular flexibility index (Phi) is 5.10. The monoisotopic (exact) mass is 286 g/mol. The Morgan fingerprint density at radius 1 is 1.47 bits per heavy atom. The fourth-order valence-corrected chi connectivity index (χ4v) is 3.87. The van der Waals surface area contributed by atoms with E-state index < -0.39 is 5.97 Å². The fourth-order valence-electron chi connectivity index (χ4n) is 2.81. The molecule has 5 nitrogen and oxygen atoms in total. The number of aliphatic carboxylic acids is 1. The van der Waals surface area contributed by atoms with Crippen LogP contribution in [0, 0.1) is 5.92 Å². The van der Waals surface area contributed by atoms with Gasteiger partial charge in [0.15, 0.2) is 0 Å². The lowest BCUT2D eigenvalue weighted by atomic mass is 9.93. The number of nitrogens with zero attached hydrogens (tertiary/aromatic N) is 1. The van der Waals surface area contributed by atoms with Gasteiger partial charge in [0.05, 0.1) is 18.5 Å². The van der Waals surface area contributed by atoms with E-state index in [0.717, 1.165) is 30.9 Å². The molecule has 0 aromatic carbocycles. The first-order chi connectivity index (χ1) is 9.08. The molecule has 2 N–H and O–H groups in total. The van der Waals surface area contributed by atoms with Gasteiger partial charge in [-0.05, 0) is 25.3 Å². The summed E-state index contributed by atoms with van der Waals surface area (Å²) in [5.41, 5.74) is 0. The summed E-state index contributed by atoms with van der Waals surface area (Å²) in [7, 11) is 0. The van der Waals surface area contributed by atoms with E-state index in [1.165, 1.54) is 0 Å². The molecule has 3 atom stereocenters. The first-order valence-electron chi connectivity index (χ1n) is 6.91. The maximum Gasteiger partial charge on any atom is 0.305 e. The molecule has 3 unspecified atom stereocenters. The molecule has 0 saturated carbocycles. The van der Waals surface area contributed by atoms with E-state index in [1.54, 1.807) is 16.7 Å². The van der Waals surface area contributed by atoms with Crippen LogP contribution in [0.2, 0.25) is 0 Å². The van der Waals surface area contributed by atoms with Crippen LogP contribution in [-0.2, 0) is 9.59 Å². The summed E-state index contributed by atoms with van der Waals surface area (Å²) >= 11 is 1.74. The van der Waals surface area contributed by atoms with Crippen LogP contribution in [0.15, 0.2) is 0 Å². The largest absolute Gasteiger partial charge is 0.481 e. The molecule has 0 aliphatic carbocycles. The lowest BCUT2D eigenvalue weighted by Gasteiger charge is -2.38. The lowest BCUT2D eigenvalue weighted by Crippen LogP contribution is -2.55. The zero-order valence-corrected chi connectivity index (χ0v) is 12.1. The standard InChI is InChI=1S/C13H22N2O3S/c1-9-2-3-14-11(6-9)13(18)15-4-5-19-8-10(15)7-12(16)17/h9-11,14H,2-8H2,1H3,(H,16,17). The number of rotatable bonds is 3. The van der Waals surface area contributed by atoms with Crippen LogP contribution < -0.4 is 5.32 Å². The van der Waals surface area contributed by atoms with Crippen LogP contribution in [0.5, 0.6) is 0 Å². The number of carbonyl (C=O) groups is 2. The molecule has 2 aliphatic rings. The van der Waals surface area contributed by atoms with E-state index in [9.17, 15) is 9.59 Å². The van der Waals surface area contributed by atoms with Gasteiger partial charge < -0.3 is 15.3 Å². The molecule has 2 saturated heterocycles. The molecule has 6 heteroatoms. The van der Waals surface area contributed by atoms with Gasteiger partial charge in [0.25, 0.3) is 0 Å². The van der Waals surface area contributed by atoms with E-state index in [-0.39, 0.29) is 24.4 Å². The summed E-state index contributed by atoms with van der Waals surface area (Å²) in [6.07, 6.45) is 2.03. The summed E-state index contributed by atoms with van der Waals surface area (Å²) in [6.45, 7) is 3.72. The van der Waals surface area contributed by atoms with Crippen molar-refractivity contribution in [3.63, 3.8) is 0 Å². The van der Waals surface area contributed by atoms with Crippen molar-refractivity contribution in [1.29, 1.82) is 0 Å². The van der Waals surface area contributed by atoms with Crippen LogP contribution in [-0.4, -0.2) is 58.6 Å². The van der Waals surface area contributed by atoms with Crippen molar-refractivity contribution in [2.45, 2.75) is 38.3 Å². The maximum absolute atomic E-state index is 12.6. The summed E-state index contributed by atoms with van der Waals surface area (Å²) in [5, 5.41) is 12.2. The Hall–Kier alpha value is -0.750. The molecule has 1 amide bonds. The second-order valence-electron chi connectivity index (χ2n) is 5.49. The second kappa shape index (κ2) is 6.61. The molecule has 0 bridgehead atoms. The third-order valence-corrected chi connectivity index (χ3v) is 4.98. The highest BCUT2D eigenvalue weighted by molar-refractivity contribution is 7.99. The first-order valence-corrected chi connectivity index (χ1v) is 8.06. The number of carboxylic acids is 1. The van der Waals surface area contributed by atoms with Crippen molar-refractivity contribution in [1.82, 2.24) is 10.2 Å². The maximum atomic E-state index is 12.6. The minimum atomic E-state index is -0.824. The Bertz CT molecular complexity index is 351. The van der Waals surface area contributed by atoms with Gasteiger partial charge in [0.2, 0.25) is 5.91 Å². The number of hydrogen-bond donors (Lipinski definition) is 2. The molecule has 2 fully saturated rings. The summed E-state index contributed by atoms with van der Waals surface area (Å²) in [5.74, 6) is 1.48. The molecule has 2 heterocycles. The SMILES string of the molecule is CC1CCNC(C(=O)N2CCSCC2CC(=O)O)C1. The highest BCUT2D eigenvalue weighted by Crippen LogP contribution is 2.23. The third kappa shape index (κ3) is 3.86. The molecule has 0 radical (unpaired) electrons. The van der Waals surface area contributed by atoms with Gasteiger partial charge in [-0.1, -0.05) is 6.92 Å². The molecular formula is C13H22N2O3S. The van der Waals surface area contributed by atoms with Gasteiger partial charge in [-0.15, -0.1) is 0 Å². The Balaban J connectivity index is 2.00. The first kappa shape index (κ1) is 14.7. The number of thioether (sulfide) groups is 1. The van der Waals surface area contributed by atoms with Crippen LogP contribution in [0.4, 0.5) is 0 Å². The van der Waals surface area contributed by atoms with Crippen molar-refractivity contribution in [2.75, 3.05) is 24.6 Å². The van der Waals surface area contributed by atoms with Crippen LogP contribution in [0.3, 0.4) is 0 Å². The number of carboxylic acid groups (broad SMARTS) is 1. The number of nitrogens with one attached hydrogen (secondary N) is 1. The van der Waals surface area contributed by atoms with E-state index in [0.29, 0.717) is 12.5 Å². The highest BCUT2D eigenvalue weighted by atomic mass is 32.2. The average molecular weight is 286 g/mol. The Morgan fingerprint density at radius 3 is 2.95 bits per heavy atom. The predicted octanol–water partition coefficient (Wildman–Crippen LogP) is 0.793. The van der Waals surface area contributed by atoms with Crippen molar-refractivity contribution in [2.24, 2.45) is 5.92 Å². The van der Waals surface area contributed by atoms with Gasteiger partial charge in [-0.3, -0.25) is 9.59 Å². The van der Waals surface area contributed by atoms with E-state index in [1.807, 2.05) is 0 Å². The fraction of sp³-hybridized carbons (Fsp3) is 0.846. The van der Waals surface area contributed by atoms with Gasteiger partial charge in [-0.25, -0.2) is 0 Å². The molecular weight excluding hydrogens is 264 g/mol. The van der Waals surface area contributed by atoms with Gasteiger partial charge in [0.1, 0.15) is 0 Å². The summed E-state index contributed by atoms with van der Waals surface area (Å²) in [4.78, 5) is 25.2. The lowest BCUT2D eigenvalue weighted by molar-refractivity contribution is -0.141. The molecule has 19 heavy (non-hydrogen) atoms. The van der Waals surface area contributed by atoms with Crippen molar-refractivity contribution in [3.05, 3.63) is 0 Å². The molecule has 0 aromatic heterocycles. The van der Waals surface area contributed by atoms with Crippen molar-refractivity contribution >= 4 is 23.6 Å². The molecule has 2 aliphatic heterocycles. The zero-order chi connectivity index (χ0) is 13.8. The van der Waals surface area contributed by atoms with Crippen LogP contribution >= 0.6 is 11.8 Å². The van der Waals surface area contributed by atoms with Crippen molar-refractivity contribution < 1.29 is 14.7 Å². The van der Waals surface area contributed by atoms with Crippen LogP contribution in [0.1, 0.15) is 26.2 Å². The van der Waals surface area contributed by atoms with Crippen LogP contribution in [0.25, 0.3) is 0 Å². The molecule has 108 valence electrons. The number of hydrogen-bond acceptors (Lipinski definition) is 4. The summed E-state index contributed by atoms with van der Waals surface area (Å²) in [6, 6.07) is -0.272. The van der Waals surface area contributed by atoms with E-state index in [2.05, 4.69) is 12.2 Å². The topological polar surface area (TPSA) is 69.6 Å². The minimum absolute atomic E-state index is 0.0566. The van der Waals surface area contributed by atoms with Gasteiger partial charge in [0, 0.05) is 18.1 Å². The normalized spacial score (nSPS) is 32.1. The molecule has 0 aromatic rings. The zero-order valence-electron chi connectivity index (χ0n) is 11.3.